The van der Waals surface area contributed by atoms with Gasteiger partial charge in [-0.25, -0.2) is 0 Å². The number of nitrogens with one attached hydrogen (secondary N) is 1. The molecule has 0 bridgehead atoms. The van der Waals surface area contributed by atoms with E-state index >= 15 is 0 Å². The molecular formula is C14H19N3O4. The fourth-order valence-corrected chi connectivity index (χ4v) is 1.79. The van der Waals surface area contributed by atoms with Crippen molar-refractivity contribution in [3.05, 3.63) is 47.6 Å². The summed E-state index contributed by atoms with van der Waals surface area (Å²) in [6.45, 7) is -1.04. The van der Waals surface area contributed by atoms with Crippen molar-refractivity contribution in [2.24, 2.45) is 0 Å². The first-order valence-corrected chi connectivity index (χ1v) is 6.64. The Labute approximate surface area is 122 Å². The molecule has 0 atom stereocenters. The van der Waals surface area contributed by atoms with Gasteiger partial charge < -0.3 is 19.8 Å². The van der Waals surface area contributed by atoms with Crippen LogP contribution in [0, 0.1) is 0 Å². The molecule has 0 amide bonds. The van der Waals surface area contributed by atoms with E-state index in [1.165, 1.54) is 0 Å². The molecule has 1 aromatic heterocycles. The normalized spacial score (nSPS) is 11.8. The summed E-state index contributed by atoms with van der Waals surface area (Å²) in [6, 6.07) is 9.77. The molecule has 7 heteroatoms. The van der Waals surface area contributed by atoms with Crippen LogP contribution in [0.3, 0.4) is 0 Å². The van der Waals surface area contributed by atoms with Gasteiger partial charge in [0, 0.05) is 6.42 Å². The van der Waals surface area contributed by atoms with Gasteiger partial charge in [0.2, 0.25) is 5.89 Å². The van der Waals surface area contributed by atoms with Gasteiger partial charge in [-0.1, -0.05) is 35.5 Å². The predicted molar refractivity (Wildman–Crippen MR) is 74.4 cm³/mol. The number of hydrogen-bond donors (Lipinski definition) is 4. The third kappa shape index (κ3) is 4.08. The molecule has 0 unspecified atom stereocenters. The number of nitrogens with zero attached hydrogens (tertiary/aromatic N) is 2. The average Bonchev–Trinajstić information content (AvgIpc) is 2.98. The van der Waals surface area contributed by atoms with Crippen molar-refractivity contribution in [3.63, 3.8) is 0 Å². The fourth-order valence-electron chi connectivity index (χ4n) is 1.79. The second-order valence-corrected chi connectivity index (χ2v) is 4.87. The maximum atomic E-state index is 9.21. The van der Waals surface area contributed by atoms with Gasteiger partial charge in [0.25, 0.3) is 0 Å². The Kier molecular flexibility index (Phi) is 5.40. The van der Waals surface area contributed by atoms with Crippen LogP contribution in [-0.4, -0.2) is 50.8 Å². The SMILES string of the molecule is OCC(CO)(CO)NCc1nc(Cc2ccccc2)no1. The molecule has 114 valence electrons. The monoisotopic (exact) mass is 293 g/mol. The maximum Gasteiger partial charge on any atom is 0.240 e. The molecule has 4 N–H and O–H groups in total. The summed E-state index contributed by atoms with van der Waals surface area (Å²) in [5.41, 5.74) is -0.0816. The van der Waals surface area contributed by atoms with Gasteiger partial charge >= 0.3 is 0 Å². The summed E-state index contributed by atoms with van der Waals surface area (Å²) in [5, 5.41) is 34.3. The quantitative estimate of drug-likeness (QED) is 0.517. The molecule has 0 saturated heterocycles. The molecule has 0 aliphatic rings. The molecule has 0 spiro atoms. The minimum Gasteiger partial charge on any atom is -0.394 e. The predicted octanol–water partition coefficient (Wildman–Crippen LogP) is -0.534. The van der Waals surface area contributed by atoms with Crippen molar-refractivity contribution in [1.29, 1.82) is 0 Å². The number of hydrogen-bond acceptors (Lipinski definition) is 7. The van der Waals surface area contributed by atoms with Crippen molar-refractivity contribution < 1.29 is 19.8 Å². The molecule has 0 fully saturated rings. The lowest BCUT2D eigenvalue weighted by Crippen LogP contribution is -2.54. The Hall–Kier alpha value is -1.80. The van der Waals surface area contributed by atoms with Crippen LogP contribution >= 0.6 is 0 Å². The molecule has 0 aliphatic heterocycles. The van der Waals surface area contributed by atoms with Crippen LogP contribution in [-0.2, 0) is 13.0 Å². The van der Waals surface area contributed by atoms with E-state index < -0.39 is 25.4 Å². The summed E-state index contributed by atoms with van der Waals surface area (Å²) in [6.07, 6.45) is 0.565. The lowest BCUT2D eigenvalue weighted by Gasteiger charge is -2.27. The number of benzene rings is 1. The highest BCUT2D eigenvalue weighted by Crippen LogP contribution is 2.08. The van der Waals surface area contributed by atoms with E-state index in [1.54, 1.807) is 0 Å². The van der Waals surface area contributed by atoms with Crippen LogP contribution in [0.25, 0.3) is 0 Å². The first kappa shape index (κ1) is 15.6. The molecular weight excluding hydrogens is 274 g/mol. The Morgan fingerprint density at radius 2 is 1.71 bits per heavy atom. The summed E-state index contributed by atoms with van der Waals surface area (Å²) in [5.74, 6) is 0.890. The zero-order valence-corrected chi connectivity index (χ0v) is 11.6. The molecule has 1 aromatic carbocycles. The van der Waals surface area contributed by atoms with E-state index in [2.05, 4.69) is 15.5 Å². The molecule has 2 aromatic rings. The summed E-state index contributed by atoms with van der Waals surface area (Å²) < 4.78 is 5.10. The van der Waals surface area contributed by atoms with Gasteiger partial charge in [0.05, 0.1) is 31.9 Å². The zero-order valence-electron chi connectivity index (χ0n) is 11.6. The van der Waals surface area contributed by atoms with E-state index in [0.29, 0.717) is 18.1 Å². The van der Waals surface area contributed by atoms with Crippen molar-refractivity contribution >= 4 is 0 Å². The number of aromatic nitrogens is 2. The summed E-state index contributed by atoms with van der Waals surface area (Å²) in [4.78, 5) is 4.23. The highest BCUT2D eigenvalue weighted by atomic mass is 16.5. The molecule has 0 radical (unpaired) electrons. The fraction of sp³-hybridized carbons (Fsp3) is 0.429. The van der Waals surface area contributed by atoms with E-state index in [0.717, 1.165) is 5.56 Å². The lowest BCUT2D eigenvalue weighted by molar-refractivity contribution is 0.0395. The lowest BCUT2D eigenvalue weighted by atomic mass is 10.0. The molecule has 21 heavy (non-hydrogen) atoms. The largest absolute Gasteiger partial charge is 0.394 e. The Balaban J connectivity index is 1.94. The zero-order chi connectivity index (χ0) is 15.1. The molecule has 2 rings (SSSR count). The third-order valence-corrected chi connectivity index (χ3v) is 3.24. The number of aliphatic hydroxyl groups is 3. The van der Waals surface area contributed by atoms with E-state index in [1.807, 2.05) is 30.3 Å². The van der Waals surface area contributed by atoms with Gasteiger partial charge in [-0.15, -0.1) is 0 Å². The van der Waals surface area contributed by atoms with E-state index in [9.17, 15) is 15.3 Å². The molecule has 7 nitrogen and oxygen atoms in total. The van der Waals surface area contributed by atoms with Crippen LogP contribution in [0.1, 0.15) is 17.3 Å². The van der Waals surface area contributed by atoms with Gasteiger partial charge in [-0.3, -0.25) is 5.32 Å². The van der Waals surface area contributed by atoms with E-state index in [4.69, 9.17) is 4.52 Å². The van der Waals surface area contributed by atoms with Crippen LogP contribution in [0.5, 0.6) is 0 Å². The highest BCUT2D eigenvalue weighted by Gasteiger charge is 2.27. The first-order chi connectivity index (χ1) is 10.2. The Morgan fingerprint density at radius 1 is 1.05 bits per heavy atom. The number of rotatable bonds is 8. The summed E-state index contributed by atoms with van der Waals surface area (Å²) in [7, 11) is 0. The van der Waals surface area contributed by atoms with Crippen molar-refractivity contribution in [1.82, 2.24) is 15.5 Å². The topological polar surface area (TPSA) is 112 Å². The van der Waals surface area contributed by atoms with E-state index in [-0.39, 0.29) is 6.54 Å². The minimum atomic E-state index is -1.16. The van der Waals surface area contributed by atoms with Crippen LogP contribution < -0.4 is 5.32 Å². The first-order valence-electron chi connectivity index (χ1n) is 6.64. The van der Waals surface area contributed by atoms with Gasteiger partial charge in [0.1, 0.15) is 0 Å². The van der Waals surface area contributed by atoms with Crippen LogP contribution in [0.15, 0.2) is 34.9 Å². The van der Waals surface area contributed by atoms with Gasteiger partial charge in [-0.05, 0) is 5.56 Å². The summed E-state index contributed by atoms with van der Waals surface area (Å²) >= 11 is 0. The molecule has 1 heterocycles. The van der Waals surface area contributed by atoms with Crippen LogP contribution in [0.4, 0.5) is 0 Å². The average molecular weight is 293 g/mol. The highest BCUT2D eigenvalue weighted by molar-refractivity contribution is 5.18. The Bertz CT molecular complexity index is 532. The second kappa shape index (κ2) is 7.28. The second-order valence-electron chi connectivity index (χ2n) is 4.87. The van der Waals surface area contributed by atoms with Gasteiger partial charge in [0.15, 0.2) is 5.82 Å². The Morgan fingerprint density at radius 3 is 2.33 bits per heavy atom. The van der Waals surface area contributed by atoms with Crippen molar-refractivity contribution in [2.75, 3.05) is 19.8 Å². The number of aliphatic hydroxyl groups excluding tert-OH is 3. The minimum absolute atomic E-state index is 0.156. The third-order valence-electron chi connectivity index (χ3n) is 3.24. The standard InChI is InChI=1S/C14H19N3O4/c18-8-14(9-19,10-20)15-7-13-16-12(17-21-13)6-11-4-2-1-3-5-11/h1-5,15,18-20H,6-10H2. The smallest absolute Gasteiger partial charge is 0.240 e. The molecule has 0 aliphatic carbocycles. The molecule has 0 saturated carbocycles. The van der Waals surface area contributed by atoms with Crippen LogP contribution in [0.2, 0.25) is 0 Å². The maximum absolute atomic E-state index is 9.21. The van der Waals surface area contributed by atoms with Crippen molar-refractivity contribution in [2.45, 2.75) is 18.5 Å². The van der Waals surface area contributed by atoms with Gasteiger partial charge in [-0.2, -0.15) is 4.98 Å². The van der Waals surface area contributed by atoms with Crippen molar-refractivity contribution in [3.8, 4) is 0 Å².